The van der Waals surface area contributed by atoms with Gasteiger partial charge in [0.05, 0.1) is 10.0 Å². The van der Waals surface area contributed by atoms with Gasteiger partial charge < -0.3 is 5.32 Å². The third-order valence-corrected chi connectivity index (χ3v) is 6.21. The Morgan fingerprint density at radius 1 is 1.00 bits per heavy atom. The molecule has 0 amide bonds. The summed E-state index contributed by atoms with van der Waals surface area (Å²) in [4.78, 5) is 0. The van der Waals surface area contributed by atoms with Crippen LogP contribution in [-0.2, 0) is 0 Å². The average molecular weight is 326 g/mol. The van der Waals surface area contributed by atoms with Crippen LogP contribution in [0.3, 0.4) is 0 Å². The molecule has 21 heavy (non-hydrogen) atoms. The zero-order valence-electron chi connectivity index (χ0n) is 12.7. The summed E-state index contributed by atoms with van der Waals surface area (Å²) in [7, 11) is 0. The normalized spacial score (nSPS) is 30.7. The van der Waals surface area contributed by atoms with Crippen molar-refractivity contribution in [3.8, 4) is 0 Å². The molecule has 0 heterocycles. The molecule has 1 nitrogen and oxygen atoms in total. The molecular weight excluding hydrogens is 301 g/mol. The fraction of sp³-hybridized carbons (Fsp3) is 0.667. The maximum absolute atomic E-state index is 6.13. The maximum atomic E-state index is 6.13. The number of fused-ring (bicyclic) bond motifs is 1. The van der Waals surface area contributed by atoms with Crippen LogP contribution in [0.1, 0.15) is 63.5 Å². The van der Waals surface area contributed by atoms with Crippen LogP contribution in [-0.4, -0.2) is 6.04 Å². The quantitative estimate of drug-likeness (QED) is 0.718. The molecule has 2 saturated carbocycles. The van der Waals surface area contributed by atoms with Gasteiger partial charge in [0.2, 0.25) is 0 Å². The van der Waals surface area contributed by atoms with E-state index in [4.69, 9.17) is 23.2 Å². The summed E-state index contributed by atoms with van der Waals surface area (Å²) < 4.78 is 0. The van der Waals surface area contributed by atoms with Gasteiger partial charge in [-0.3, -0.25) is 0 Å². The van der Waals surface area contributed by atoms with Gasteiger partial charge in [0, 0.05) is 12.1 Å². The first-order chi connectivity index (χ1) is 10.1. The van der Waals surface area contributed by atoms with Gasteiger partial charge in [-0.25, -0.2) is 0 Å². The van der Waals surface area contributed by atoms with E-state index in [1.165, 1.54) is 50.5 Å². The van der Waals surface area contributed by atoms with Crippen LogP contribution in [0.2, 0.25) is 10.0 Å². The largest absolute Gasteiger partial charge is 0.307 e. The predicted octanol–water partition coefficient (Wildman–Crippen LogP) is 6.00. The van der Waals surface area contributed by atoms with Crippen LogP contribution in [0.25, 0.3) is 0 Å². The van der Waals surface area contributed by atoms with Crippen molar-refractivity contribution < 1.29 is 0 Å². The van der Waals surface area contributed by atoms with E-state index in [1.807, 2.05) is 12.1 Å². The van der Waals surface area contributed by atoms with Crippen LogP contribution < -0.4 is 5.32 Å². The summed E-state index contributed by atoms with van der Waals surface area (Å²) in [5, 5.41) is 5.10. The van der Waals surface area contributed by atoms with Crippen LogP contribution in [0.5, 0.6) is 0 Å². The fourth-order valence-corrected chi connectivity index (χ4v) is 4.56. The second kappa shape index (κ2) is 6.89. The topological polar surface area (TPSA) is 12.0 Å². The summed E-state index contributed by atoms with van der Waals surface area (Å²) in [6.45, 7) is 2.23. The molecule has 4 atom stereocenters. The molecule has 0 radical (unpaired) electrons. The monoisotopic (exact) mass is 325 g/mol. The molecule has 0 aliphatic heterocycles. The Morgan fingerprint density at radius 2 is 1.76 bits per heavy atom. The summed E-state index contributed by atoms with van der Waals surface area (Å²) in [5.74, 6) is 1.98. The molecule has 3 rings (SSSR count). The van der Waals surface area contributed by atoms with Crippen molar-refractivity contribution in [1.82, 2.24) is 5.32 Å². The van der Waals surface area contributed by atoms with Crippen molar-refractivity contribution >= 4 is 23.2 Å². The molecule has 2 aliphatic carbocycles. The lowest BCUT2D eigenvalue weighted by Gasteiger charge is -2.40. The minimum Gasteiger partial charge on any atom is -0.307 e. The molecule has 0 bridgehead atoms. The average Bonchev–Trinajstić information content (AvgIpc) is 2.50. The van der Waals surface area contributed by atoms with Crippen molar-refractivity contribution in [3.05, 3.63) is 33.8 Å². The minimum atomic E-state index is 0.338. The van der Waals surface area contributed by atoms with Gasteiger partial charge in [0.1, 0.15) is 0 Å². The third-order valence-electron chi connectivity index (χ3n) is 5.47. The van der Waals surface area contributed by atoms with E-state index in [1.54, 1.807) is 0 Å². The Bertz CT molecular complexity index is 488. The van der Waals surface area contributed by atoms with Gasteiger partial charge in [0.15, 0.2) is 0 Å². The number of nitrogens with one attached hydrogen (secondary N) is 1. The number of hydrogen-bond acceptors (Lipinski definition) is 1. The number of halogens is 2. The van der Waals surface area contributed by atoms with Crippen molar-refractivity contribution in [2.45, 2.75) is 64.0 Å². The molecule has 3 heteroatoms. The maximum Gasteiger partial charge on any atom is 0.0595 e. The van der Waals surface area contributed by atoms with Crippen molar-refractivity contribution in [1.29, 1.82) is 0 Å². The van der Waals surface area contributed by atoms with E-state index in [2.05, 4.69) is 18.3 Å². The third kappa shape index (κ3) is 3.75. The first-order valence-electron chi connectivity index (χ1n) is 8.34. The highest BCUT2D eigenvalue weighted by Crippen LogP contribution is 2.41. The summed E-state index contributed by atoms with van der Waals surface area (Å²) in [6.07, 6.45) is 9.92. The van der Waals surface area contributed by atoms with Gasteiger partial charge in [-0.05, 0) is 55.7 Å². The standard InChI is InChI=1S/C18H25Cl2N/c1-12(14-7-9-17(19)18(20)11-14)21-16-8-6-13-4-2-3-5-15(13)10-16/h7,9,11-13,15-16,21H,2-6,8,10H2,1H3. The van der Waals surface area contributed by atoms with Gasteiger partial charge in [-0.15, -0.1) is 0 Å². The SMILES string of the molecule is CC(NC1CCC2CCCCC2C1)c1ccc(Cl)c(Cl)c1. The predicted molar refractivity (Wildman–Crippen MR) is 91.1 cm³/mol. The van der Waals surface area contributed by atoms with Crippen LogP contribution in [0.4, 0.5) is 0 Å². The lowest BCUT2D eigenvalue weighted by atomic mass is 9.69. The summed E-state index contributed by atoms with van der Waals surface area (Å²) >= 11 is 12.1. The Balaban J connectivity index is 1.59. The second-order valence-electron chi connectivity index (χ2n) is 6.88. The molecule has 0 aromatic heterocycles. The zero-order valence-corrected chi connectivity index (χ0v) is 14.3. The highest BCUT2D eigenvalue weighted by Gasteiger charge is 2.32. The molecular formula is C18H25Cl2N. The van der Waals surface area contributed by atoms with E-state index in [0.29, 0.717) is 22.1 Å². The fourth-order valence-electron chi connectivity index (χ4n) is 4.26. The highest BCUT2D eigenvalue weighted by molar-refractivity contribution is 6.42. The van der Waals surface area contributed by atoms with Gasteiger partial charge in [-0.1, -0.05) is 55.0 Å². The first kappa shape index (κ1) is 15.6. The Morgan fingerprint density at radius 3 is 2.52 bits per heavy atom. The van der Waals surface area contributed by atoms with Gasteiger partial charge >= 0.3 is 0 Å². The van der Waals surface area contributed by atoms with Crippen LogP contribution in [0, 0.1) is 11.8 Å². The number of rotatable bonds is 3. The molecule has 1 N–H and O–H groups in total. The Labute approximate surface area is 138 Å². The van der Waals surface area contributed by atoms with E-state index in [0.717, 1.165) is 11.8 Å². The van der Waals surface area contributed by atoms with E-state index >= 15 is 0 Å². The molecule has 1 aromatic carbocycles. The first-order valence-corrected chi connectivity index (χ1v) is 9.10. The summed E-state index contributed by atoms with van der Waals surface area (Å²) in [6, 6.07) is 6.97. The van der Waals surface area contributed by atoms with Crippen molar-refractivity contribution in [2.75, 3.05) is 0 Å². The Hall–Kier alpha value is -0.240. The molecule has 4 unspecified atom stereocenters. The van der Waals surface area contributed by atoms with Crippen molar-refractivity contribution in [2.24, 2.45) is 11.8 Å². The van der Waals surface area contributed by atoms with Crippen LogP contribution >= 0.6 is 23.2 Å². The number of hydrogen-bond donors (Lipinski definition) is 1. The smallest absolute Gasteiger partial charge is 0.0595 e. The lowest BCUT2D eigenvalue weighted by molar-refractivity contribution is 0.139. The summed E-state index contributed by atoms with van der Waals surface area (Å²) in [5.41, 5.74) is 1.23. The molecule has 0 spiro atoms. The highest BCUT2D eigenvalue weighted by atomic mass is 35.5. The van der Waals surface area contributed by atoms with E-state index in [9.17, 15) is 0 Å². The molecule has 116 valence electrons. The Kier molecular flexibility index (Phi) is 5.14. The number of benzene rings is 1. The minimum absolute atomic E-state index is 0.338. The lowest BCUT2D eigenvalue weighted by Crippen LogP contribution is -2.39. The van der Waals surface area contributed by atoms with Crippen LogP contribution in [0.15, 0.2) is 18.2 Å². The van der Waals surface area contributed by atoms with E-state index < -0.39 is 0 Å². The van der Waals surface area contributed by atoms with E-state index in [-0.39, 0.29) is 0 Å². The second-order valence-corrected chi connectivity index (χ2v) is 7.69. The zero-order chi connectivity index (χ0) is 14.8. The molecule has 1 aromatic rings. The molecule has 2 fully saturated rings. The molecule has 2 aliphatic rings. The van der Waals surface area contributed by atoms with Gasteiger partial charge in [0.25, 0.3) is 0 Å². The van der Waals surface area contributed by atoms with Crippen molar-refractivity contribution in [3.63, 3.8) is 0 Å². The molecule has 0 saturated heterocycles. The van der Waals surface area contributed by atoms with Gasteiger partial charge in [-0.2, -0.15) is 0 Å².